The van der Waals surface area contributed by atoms with E-state index in [-0.39, 0.29) is 0 Å². The first-order chi connectivity index (χ1) is 7.15. The number of aliphatic carboxylic acids is 1. The first-order valence-electron chi connectivity index (χ1n) is 4.00. The molecule has 0 atom stereocenters. The summed E-state index contributed by atoms with van der Waals surface area (Å²) in [5.74, 6) is -0.741. The Labute approximate surface area is 91.3 Å². The fourth-order valence-corrected chi connectivity index (χ4v) is 0.936. The van der Waals surface area contributed by atoms with E-state index in [9.17, 15) is 4.79 Å². The highest BCUT2D eigenvalue weighted by atomic mass is 35.5. The van der Waals surface area contributed by atoms with Crippen LogP contribution >= 0.6 is 11.6 Å². The number of hydrogen-bond donors (Lipinski definition) is 2. The largest absolute Gasteiger partial charge is 0.495 e. The Hall–Kier alpha value is -1.75. The Morgan fingerprint density at radius 2 is 2.20 bits per heavy atom. The summed E-state index contributed by atoms with van der Waals surface area (Å²) in [5.41, 5.74) is 3.04. The number of nitrogens with one attached hydrogen (secondary N) is 1. The lowest BCUT2D eigenvalue weighted by atomic mass is 10.3. The summed E-state index contributed by atoms with van der Waals surface area (Å²) in [5, 5.41) is 11.4. The molecule has 0 bridgehead atoms. The third kappa shape index (κ3) is 3.14. The van der Waals surface area contributed by atoms with E-state index in [0.717, 1.165) is 0 Å². The van der Waals surface area contributed by atoms with Gasteiger partial charge in [0.05, 0.1) is 12.8 Å². The van der Waals surface area contributed by atoms with Crippen LogP contribution in [0.15, 0.2) is 29.4 Å². The van der Waals surface area contributed by atoms with Gasteiger partial charge in [-0.1, -0.05) is 23.7 Å². The van der Waals surface area contributed by atoms with Crippen LogP contribution in [-0.4, -0.2) is 23.4 Å². The molecule has 1 aromatic carbocycles. The van der Waals surface area contributed by atoms with Gasteiger partial charge in [0.25, 0.3) is 0 Å². The van der Waals surface area contributed by atoms with Gasteiger partial charge in [0.2, 0.25) is 5.17 Å². The number of para-hydroxylation sites is 2. The molecule has 0 saturated heterocycles. The predicted molar refractivity (Wildman–Crippen MR) is 57.5 cm³/mol. The fourth-order valence-electron chi connectivity index (χ4n) is 0.894. The van der Waals surface area contributed by atoms with Gasteiger partial charge in [-0.3, -0.25) is 5.43 Å². The van der Waals surface area contributed by atoms with Crippen molar-refractivity contribution in [3.8, 4) is 5.75 Å². The van der Waals surface area contributed by atoms with Gasteiger partial charge in [-0.05, 0) is 12.1 Å². The molecule has 0 unspecified atom stereocenters. The van der Waals surface area contributed by atoms with Gasteiger partial charge in [-0.2, -0.15) is 5.10 Å². The van der Waals surface area contributed by atoms with Crippen LogP contribution in [-0.2, 0) is 4.79 Å². The summed E-state index contributed by atoms with van der Waals surface area (Å²) in [7, 11) is 1.50. The number of carbonyl (C=O) groups is 1. The van der Waals surface area contributed by atoms with Gasteiger partial charge in [0.1, 0.15) is 5.75 Å². The van der Waals surface area contributed by atoms with E-state index in [1.807, 2.05) is 0 Å². The van der Waals surface area contributed by atoms with Crippen LogP contribution in [0.5, 0.6) is 5.75 Å². The Kier molecular flexibility index (Phi) is 3.93. The smallest absolute Gasteiger partial charge is 0.368 e. The number of anilines is 1. The number of carboxylic acid groups (broad SMARTS) is 1. The Balaban J connectivity index is 2.81. The van der Waals surface area contributed by atoms with E-state index in [1.165, 1.54) is 7.11 Å². The minimum Gasteiger partial charge on any atom is -0.495 e. The molecule has 1 aromatic rings. The second-order valence-electron chi connectivity index (χ2n) is 2.52. The minimum absolute atomic E-state index is 0.541. The summed E-state index contributed by atoms with van der Waals surface area (Å²) in [6, 6.07) is 6.95. The van der Waals surface area contributed by atoms with Crippen molar-refractivity contribution in [1.29, 1.82) is 0 Å². The molecule has 5 nitrogen and oxygen atoms in total. The highest BCUT2D eigenvalue weighted by Crippen LogP contribution is 2.22. The average molecular weight is 229 g/mol. The highest BCUT2D eigenvalue weighted by Gasteiger charge is 2.05. The van der Waals surface area contributed by atoms with E-state index >= 15 is 0 Å². The van der Waals surface area contributed by atoms with Crippen LogP contribution in [0.2, 0.25) is 0 Å². The molecule has 0 aliphatic carbocycles. The molecule has 15 heavy (non-hydrogen) atoms. The first-order valence-corrected chi connectivity index (χ1v) is 4.38. The lowest BCUT2D eigenvalue weighted by molar-refractivity contribution is -0.129. The van der Waals surface area contributed by atoms with Crippen LogP contribution < -0.4 is 10.2 Å². The summed E-state index contributed by atoms with van der Waals surface area (Å²) in [4.78, 5) is 10.3. The second kappa shape index (κ2) is 5.21. The molecule has 2 N–H and O–H groups in total. The minimum atomic E-state index is -1.29. The number of halogens is 1. The fraction of sp³-hybridized carbons (Fsp3) is 0.111. The van der Waals surface area contributed by atoms with Crippen molar-refractivity contribution in [2.45, 2.75) is 0 Å². The van der Waals surface area contributed by atoms with Crippen LogP contribution in [0.25, 0.3) is 0 Å². The summed E-state index contributed by atoms with van der Waals surface area (Å²) < 4.78 is 5.02. The van der Waals surface area contributed by atoms with Crippen molar-refractivity contribution in [3.05, 3.63) is 24.3 Å². The number of ether oxygens (including phenoxy) is 1. The van der Waals surface area contributed by atoms with E-state index in [0.29, 0.717) is 11.4 Å². The number of hydrogen-bond acceptors (Lipinski definition) is 4. The maximum absolute atomic E-state index is 10.3. The van der Waals surface area contributed by atoms with Gasteiger partial charge in [-0.15, -0.1) is 0 Å². The number of methoxy groups -OCH3 is 1. The monoisotopic (exact) mass is 228 g/mol. The number of hydrazone groups is 1. The summed E-state index contributed by atoms with van der Waals surface area (Å²) in [6.07, 6.45) is 0. The molecule has 6 heteroatoms. The third-order valence-corrected chi connectivity index (χ3v) is 1.80. The Morgan fingerprint density at radius 1 is 1.53 bits per heavy atom. The zero-order valence-corrected chi connectivity index (χ0v) is 8.65. The number of rotatable bonds is 4. The van der Waals surface area contributed by atoms with Crippen molar-refractivity contribution in [2.24, 2.45) is 5.10 Å². The van der Waals surface area contributed by atoms with Gasteiger partial charge in [0.15, 0.2) is 0 Å². The van der Waals surface area contributed by atoms with E-state index in [1.54, 1.807) is 24.3 Å². The molecule has 0 aliphatic rings. The van der Waals surface area contributed by atoms with E-state index < -0.39 is 11.1 Å². The van der Waals surface area contributed by atoms with Crippen LogP contribution in [0, 0.1) is 0 Å². The lowest BCUT2D eigenvalue weighted by Gasteiger charge is -2.06. The zero-order valence-electron chi connectivity index (χ0n) is 7.90. The van der Waals surface area contributed by atoms with Gasteiger partial charge in [0, 0.05) is 0 Å². The molecular weight excluding hydrogens is 220 g/mol. The third-order valence-electron chi connectivity index (χ3n) is 1.56. The van der Waals surface area contributed by atoms with Gasteiger partial charge in [-0.25, -0.2) is 4.79 Å². The first kappa shape index (κ1) is 11.3. The highest BCUT2D eigenvalue weighted by molar-refractivity contribution is 6.81. The number of benzene rings is 1. The number of nitrogens with zero attached hydrogens (tertiary/aromatic N) is 1. The molecule has 80 valence electrons. The second-order valence-corrected chi connectivity index (χ2v) is 2.88. The predicted octanol–water partition coefficient (Wildman–Crippen LogP) is 1.74. The van der Waals surface area contributed by atoms with E-state index in [2.05, 4.69) is 10.5 Å². The molecule has 0 amide bonds. The zero-order chi connectivity index (χ0) is 11.3. The molecule has 0 heterocycles. The van der Waals surface area contributed by atoms with Gasteiger partial charge < -0.3 is 9.84 Å². The molecule has 0 spiro atoms. The quantitative estimate of drug-likeness (QED) is 0.608. The SMILES string of the molecule is COc1ccccc1NN=C(Cl)C(=O)O. The number of carboxylic acids is 1. The molecule has 0 aliphatic heterocycles. The normalized spacial score (nSPS) is 10.9. The van der Waals surface area contributed by atoms with Crippen molar-refractivity contribution in [2.75, 3.05) is 12.5 Å². The molecule has 1 rings (SSSR count). The Bertz CT molecular complexity index is 393. The maximum Gasteiger partial charge on any atom is 0.368 e. The van der Waals surface area contributed by atoms with Crippen molar-refractivity contribution in [1.82, 2.24) is 0 Å². The molecule has 0 radical (unpaired) electrons. The van der Waals surface area contributed by atoms with Crippen molar-refractivity contribution < 1.29 is 14.6 Å². The van der Waals surface area contributed by atoms with Crippen molar-refractivity contribution in [3.63, 3.8) is 0 Å². The standard InChI is InChI=1S/C9H9ClN2O3/c1-15-7-5-3-2-4-6(7)11-12-8(10)9(13)14/h2-5,11H,1H3,(H,13,14). The molecule has 0 saturated carbocycles. The van der Waals surface area contributed by atoms with Crippen molar-refractivity contribution >= 4 is 28.4 Å². The molecule has 0 fully saturated rings. The average Bonchev–Trinajstić information content (AvgIpc) is 2.26. The Morgan fingerprint density at radius 3 is 2.80 bits per heavy atom. The van der Waals surface area contributed by atoms with Gasteiger partial charge >= 0.3 is 5.97 Å². The van der Waals surface area contributed by atoms with Crippen LogP contribution in [0.4, 0.5) is 5.69 Å². The molecular formula is C9H9ClN2O3. The lowest BCUT2D eigenvalue weighted by Crippen LogP contribution is -2.07. The summed E-state index contributed by atoms with van der Waals surface area (Å²) in [6.45, 7) is 0. The summed E-state index contributed by atoms with van der Waals surface area (Å²) >= 11 is 5.31. The van der Waals surface area contributed by atoms with Crippen LogP contribution in [0.1, 0.15) is 0 Å². The topological polar surface area (TPSA) is 70.9 Å². The van der Waals surface area contributed by atoms with Crippen LogP contribution in [0.3, 0.4) is 0 Å². The van der Waals surface area contributed by atoms with E-state index in [4.69, 9.17) is 21.4 Å². The maximum atomic E-state index is 10.3. The molecule has 0 aromatic heterocycles.